The highest BCUT2D eigenvalue weighted by Gasteiger charge is 2.09. The lowest BCUT2D eigenvalue weighted by Crippen LogP contribution is -1.97. The maximum Gasteiger partial charge on any atom is 0.139 e. The standard InChI is InChI=1S/C11H14N2O/c1-8(2)9-6-11-12-4-5-13(11)7-10(9)14-3/h4-8H,1-3H3. The number of nitrogens with zero attached hydrogens (tertiary/aromatic N) is 2. The maximum atomic E-state index is 5.34. The normalized spacial score (nSPS) is 11.1. The summed E-state index contributed by atoms with van der Waals surface area (Å²) in [7, 11) is 1.70. The molecule has 0 fully saturated rings. The van der Waals surface area contributed by atoms with Crippen LogP contribution in [-0.4, -0.2) is 16.5 Å². The van der Waals surface area contributed by atoms with Crippen molar-refractivity contribution in [3.05, 3.63) is 30.2 Å². The Morgan fingerprint density at radius 3 is 2.86 bits per heavy atom. The lowest BCUT2D eigenvalue weighted by molar-refractivity contribution is 0.405. The molecule has 3 heteroatoms. The van der Waals surface area contributed by atoms with Crippen molar-refractivity contribution in [3.63, 3.8) is 0 Å². The lowest BCUT2D eigenvalue weighted by Gasteiger charge is -2.11. The number of rotatable bonds is 2. The Hall–Kier alpha value is -1.51. The Morgan fingerprint density at radius 1 is 1.43 bits per heavy atom. The summed E-state index contributed by atoms with van der Waals surface area (Å²) >= 11 is 0. The van der Waals surface area contributed by atoms with Crippen LogP contribution < -0.4 is 4.74 Å². The highest BCUT2D eigenvalue weighted by atomic mass is 16.5. The molecule has 0 amide bonds. The molecule has 0 aliphatic heterocycles. The molecule has 0 spiro atoms. The fraction of sp³-hybridized carbons (Fsp3) is 0.364. The van der Waals surface area contributed by atoms with Crippen molar-refractivity contribution < 1.29 is 4.74 Å². The zero-order valence-corrected chi connectivity index (χ0v) is 8.69. The number of hydrogen-bond acceptors (Lipinski definition) is 2. The molecule has 0 unspecified atom stereocenters. The van der Waals surface area contributed by atoms with E-state index in [0.717, 1.165) is 11.4 Å². The first-order chi connectivity index (χ1) is 6.72. The molecule has 14 heavy (non-hydrogen) atoms. The second kappa shape index (κ2) is 3.33. The van der Waals surface area contributed by atoms with Gasteiger partial charge >= 0.3 is 0 Å². The quantitative estimate of drug-likeness (QED) is 0.727. The topological polar surface area (TPSA) is 26.5 Å². The van der Waals surface area contributed by atoms with Crippen molar-refractivity contribution in [2.75, 3.05) is 7.11 Å². The Balaban J connectivity index is 2.66. The average Bonchev–Trinajstić information content (AvgIpc) is 2.62. The van der Waals surface area contributed by atoms with Crippen LogP contribution >= 0.6 is 0 Å². The minimum atomic E-state index is 0.451. The Morgan fingerprint density at radius 2 is 2.21 bits per heavy atom. The third-order valence-electron chi connectivity index (χ3n) is 2.37. The highest BCUT2D eigenvalue weighted by Crippen LogP contribution is 2.26. The van der Waals surface area contributed by atoms with Gasteiger partial charge in [0.1, 0.15) is 11.4 Å². The first-order valence-electron chi connectivity index (χ1n) is 4.73. The molecule has 0 aliphatic rings. The summed E-state index contributed by atoms with van der Waals surface area (Å²) in [6.07, 6.45) is 5.68. The SMILES string of the molecule is COc1cn2ccnc2cc1C(C)C. The van der Waals surface area contributed by atoms with E-state index in [-0.39, 0.29) is 0 Å². The molecule has 0 N–H and O–H groups in total. The van der Waals surface area contributed by atoms with Crippen molar-refractivity contribution in [2.24, 2.45) is 0 Å². The number of hydrogen-bond donors (Lipinski definition) is 0. The summed E-state index contributed by atoms with van der Waals surface area (Å²) in [5.41, 5.74) is 2.17. The van der Waals surface area contributed by atoms with Gasteiger partial charge in [0, 0.05) is 18.0 Å². The molecule has 3 nitrogen and oxygen atoms in total. The summed E-state index contributed by atoms with van der Waals surface area (Å²) in [6.45, 7) is 4.30. The van der Waals surface area contributed by atoms with E-state index < -0.39 is 0 Å². The molecule has 2 heterocycles. The predicted octanol–water partition coefficient (Wildman–Crippen LogP) is 2.47. The lowest BCUT2D eigenvalue weighted by atomic mass is 10.0. The molecule has 0 aromatic carbocycles. The van der Waals surface area contributed by atoms with Crippen LogP contribution in [0.1, 0.15) is 25.3 Å². The first-order valence-corrected chi connectivity index (χ1v) is 4.73. The van der Waals surface area contributed by atoms with Crippen LogP contribution in [0, 0.1) is 0 Å². The minimum Gasteiger partial charge on any atom is -0.495 e. The summed E-state index contributed by atoms with van der Waals surface area (Å²) in [5, 5.41) is 0. The predicted molar refractivity (Wildman–Crippen MR) is 55.8 cm³/mol. The number of pyridine rings is 1. The zero-order chi connectivity index (χ0) is 10.1. The third kappa shape index (κ3) is 1.35. The number of aromatic nitrogens is 2. The van der Waals surface area contributed by atoms with Gasteiger partial charge in [-0.05, 0) is 12.0 Å². The molecule has 0 atom stereocenters. The number of fused-ring (bicyclic) bond motifs is 1. The molecule has 0 aliphatic carbocycles. The van der Waals surface area contributed by atoms with Crippen LogP contribution in [0.3, 0.4) is 0 Å². The van der Waals surface area contributed by atoms with Gasteiger partial charge in [-0.3, -0.25) is 0 Å². The van der Waals surface area contributed by atoms with E-state index in [2.05, 4.69) is 24.9 Å². The molecular formula is C11H14N2O. The molecule has 0 bridgehead atoms. The van der Waals surface area contributed by atoms with Gasteiger partial charge in [-0.25, -0.2) is 4.98 Å². The molecule has 2 aromatic heterocycles. The van der Waals surface area contributed by atoms with Gasteiger partial charge < -0.3 is 9.14 Å². The second-order valence-electron chi connectivity index (χ2n) is 3.64. The third-order valence-corrected chi connectivity index (χ3v) is 2.37. The fourth-order valence-corrected chi connectivity index (χ4v) is 1.58. The van der Waals surface area contributed by atoms with Crippen molar-refractivity contribution in [1.29, 1.82) is 0 Å². The van der Waals surface area contributed by atoms with Gasteiger partial charge in [0.15, 0.2) is 0 Å². The second-order valence-corrected chi connectivity index (χ2v) is 3.64. The number of imidazole rings is 1. The zero-order valence-electron chi connectivity index (χ0n) is 8.69. The number of methoxy groups -OCH3 is 1. The van der Waals surface area contributed by atoms with Crippen LogP contribution in [0.5, 0.6) is 5.75 Å². The van der Waals surface area contributed by atoms with E-state index >= 15 is 0 Å². The van der Waals surface area contributed by atoms with Gasteiger partial charge in [-0.1, -0.05) is 13.8 Å². The van der Waals surface area contributed by atoms with Crippen molar-refractivity contribution in [1.82, 2.24) is 9.38 Å². The Labute approximate surface area is 83.3 Å². The first kappa shape index (κ1) is 9.06. The summed E-state index contributed by atoms with van der Waals surface area (Å²) in [4.78, 5) is 4.24. The van der Waals surface area contributed by atoms with Crippen LogP contribution in [0.4, 0.5) is 0 Å². The van der Waals surface area contributed by atoms with E-state index in [1.807, 2.05) is 16.8 Å². The van der Waals surface area contributed by atoms with Gasteiger partial charge in [0.25, 0.3) is 0 Å². The largest absolute Gasteiger partial charge is 0.495 e. The highest BCUT2D eigenvalue weighted by molar-refractivity contribution is 5.48. The molecule has 2 rings (SSSR count). The van der Waals surface area contributed by atoms with E-state index in [1.54, 1.807) is 13.3 Å². The summed E-state index contributed by atoms with van der Waals surface area (Å²) in [5.74, 6) is 1.37. The van der Waals surface area contributed by atoms with Gasteiger partial charge in [0.2, 0.25) is 0 Å². The van der Waals surface area contributed by atoms with Gasteiger partial charge in [0.05, 0.1) is 13.3 Å². The molecule has 0 saturated carbocycles. The van der Waals surface area contributed by atoms with Crippen molar-refractivity contribution >= 4 is 5.65 Å². The van der Waals surface area contributed by atoms with Crippen LogP contribution in [-0.2, 0) is 0 Å². The van der Waals surface area contributed by atoms with Crippen LogP contribution in [0.2, 0.25) is 0 Å². The Kier molecular flexibility index (Phi) is 2.15. The molecule has 0 radical (unpaired) electrons. The molecular weight excluding hydrogens is 176 g/mol. The maximum absolute atomic E-state index is 5.34. The molecule has 2 aromatic rings. The smallest absolute Gasteiger partial charge is 0.139 e. The van der Waals surface area contributed by atoms with Gasteiger partial charge in [-0.15, -0.1) is 0 Å². The van der Waals surface area contributed by atoms with Crippen molar-refractivity contribution in [2.45, 2.75) is 19.8 Å². The summed E-state index contributed by atoms with van der Waals surface area (Å²) < 4.78 is 7.30. The Bertz CT molecular complexity index is 445. The molecule has 74 valence electrons. The van der Waals surface area contributed by atoms with Crippen LogP contribution in [0.15, 0.2) is 24.7 Å². The average molecular weight is 190 g/mol. The van der Waals surface area contributed by atoms with E-state index in [1.165, 1.54) is 5.56 Å². The molecule has 0 saturated heterocycles. The fourth-order valence-electron chi connectivity index (χ4n) is 1.58. The van der Waals surface area contributed by atoms with E-state index in [0.29, 0.717) is 5.92 Å². The van der Waals surface area contributed by atoms with Gasteiger partial charge in [-0.2, -0.15) is 0 Å². The van der Waals surface area contributed by atoms with E-state index in [9.17, 15) is 0 Å². The summed E-state index contributed by atoms with van der Waals surface area (Å²) in [6, 6.07) is 2.07. The van der Waals surface area contributed by atoms with Crippen molar-refractivity contribution in [3.8, 4) is 5.75 Å². The van der Waals surface area contributed by atoms with E-state index in [4.69, 9.17) is 4.74 Å². The monoisotopic (exact) mass is 190 g/mol. The number of ether oxygens (including phenoxy) is 1. The van der Waals surface area contributed by atoms with Crippen LogP contribution in [0.25, 0.3) is 5.65 Å². The minimum absolute atomic E-state index is 0.451.